The van der Waals surface area contributed by atoms with Crippen LogP contribution in [0.3, 0.4) is 0 Å². The normalized spacial score (nSPS) is 17.9. The van der Waals surface area contributed by atoms with Crippen LogP contribution in [0.2, 0.25) is 0 Å². The summed E-state index contributed by atoms with van der Waals surface area (Å²) >= 11 is 0. The highest BCUT2D eigenvalue weighted by molar-refractivity contribution is 6.01. The first-order valence-corrected chi connectivity index (χ1v) is 12.9. The summed E-state index contributed by atoms with van der Waals surface area (Å²) in [5.41, 5.74) is 4.96. The summed E-state index contributed by atoms with van der Waals surface area (Å²) in [4.78, 5) is 14.1. The van der Waals surface area contributed by atoms with E-state index in [1.54, 1.807) is 42.7 Å². The average molecular weight is 547 g/mol. The topological polar surface area (TPSA) is 96.5 Å². The summed E-state index contributed by atoms with van der Waals surface area (Å²) in [7, 11) is 9.48. The van der Waals surface area contributed by atoms with Crippen LogP contribution in [0.25, 0.3) is 0 Å². The third-order valence-corrected chi connectivity index (χ3v) is 7.51. The Morgan fingerprint density at radius 2 is 1.30 bits per heavy atom. The van der Waals surface area contributed by atoms with Gasteiger partial charge < -0.3 is 39.1 Å². The van der Waals surface area contributed by atoms with Crippen molar-refractivity contribution in [2.24, 2.45) is 0 Å². The van der Waals surface area contributed by atoms with E-state index < -0.39 is 6.04 Å². The lowest BCUT2D eigenvalue weighted by Gasteiger charge is -2.31. The summed E-state index contributed by atoms with van der Waals surface area (Å²) in [6.45, 7) is 0. The maximum absolute atomic E-state index is 14.1. The van der Waals surface area contributed by atoms with Crippen molar-refractivity contribution in [2.75, 3.05) is 53.3 Å². The summed E-state index contributed by atoms with van der Waals surface area (Å²) in [6, 6.07) is 15.0. The lowest BCUT2D eigenvalue weighted by Crippen LogP contribution is -2.27. The third kappa shape index (κ3) is 4.61. The van der Waals surface area contributed by atoms with E-state index in [2.05, 4.69) is 10.6 Å². The molecule has 2 N–H and O–H groups in total. The van der Waals surface area contributed by atoms with Crippen LogP contribution < -0.4 is 39.1 Å². The Bertz CT molecular complexity index is 1440. The van der Waals surface area contributed by atoms with Gasteiger partial charge in [0.1, 0.15) is 0 Å². The number of Topliss-reactive ketones (excluding diaryl/α,β-unsaturated/α-hetero) is 1. The molecule has 0 aromatic heterocycles. The Labute approximate surface area is 234 Å². The van der Waals surface area contributed by atoms with E-state index in [1.807, 2.05) is 48.5 Å². The zero-order chi connectivity index (χ0) is 28.4. The Hall–Kier alpha value is -4.53. The van der Waals surface area contributed by atoms with Crippen LogP contribution in [0.1, 0.15) is 35.9 Å². The second kappa shape index (κ2) is 11.3. The molecule has 1 aliphatic heterocycles. The maximum atomic E-state index is 14.1. The van der Waals surface area contributed by atoms with Crippen LogP contribution in [0.5, 0.6) is 34.5 Å². The van der Waals surface area contributed by atoms with Crippen molar-refractivity contribution in [3.05, 3.63) is 70.9 Å². The minimum Gasteiger partial charge on any atom is -0.493 e. The minimum atomic E-state index is -0.491. The predicted molar refractivity (Wildman–Crippen MR) is 153 cm³/mol. The molecule has 0 amide bonds. The van der Waals surface area contributed by atoms with Crippen molar-refractivity contribution in [1.29, 1.82) is 0 Å². The van der Waals surface area contributed by atoms with E-state index in [1.165, 1.54) is 0 Å². The molecule has 9 heteroatoms. The molecule has 40 heavy (non-hydrogen) atoms. The lowest BCUT2D eigenvalue weighted by molar-refractivity contribution is -0.116. The SMILES string of the molecule is COc1cc([C@H]2CC(=O)C3=C(C2)Nc2ccccc2N[C@H]3c2ccc(OC)c(OC)c2OC)cc(OC)c1OC. The number of hydrogen-bond donors (Lipinski definition) is 2. The number of rotatable bonds is 8. The fourth-order valence-electron chi connectivity index (χ4n) is 5.65. The highest BCUT2D eigenvalue weighted by atomic mass is 16.5. The van der Waals surface area contributed by atoms with E-state index in [9.17, 15) is 4.79 Å². The van der Waals surface area contributed by atoms with Crippen molar-refractivity contribution in [3.8, 4) is 34.5 Å². The second-order valence-corrected chi connectivity index (χ2v) is 9.55. The summed E-state index contributed by atoms with van der Waals surface area (Å²) in [5, 5.41) is 7.17. The van der Waals surface area contributed by atoms with E-state index in [0.29, 0.717) is 52.9 Å². The second-order valence-electron chi connectivity index (χ2n) is 9.55. The number of carbonyl (C=O) groups is 1. The molecule has 3 aromatic rings. The molecule has 0 radical (unpaired) electrons. The smallest absolute Gasteiger partial charge is 0.203 e. The van der Waals surface area contributed by atoms with Gasteiger partial charge in [-0.3, -0.25) is 4.79 Å². The molecule has 1 aliphatic carbocycles. The number of methoxy groups -OCH3 is 6. The molecule has 0 saturated heterocycles. The van der Waals surface area contributed by atoms with Crippen LogP contribution >= 0.6 is 0 Å². The molecule has 210 valence electrons. The molecule has 0 saturated carbocycles. The molecule has 1 heterocycles. The van der Waals surface area contributed by atoms with Crippen molar-refractivity contribution < 1.29 is 33.2 Å². The summed E-state index contributed by atoms with van der Waals surface area (Å²) < 4.78 is 33.7. The number of fused-ring (bicyclic) bond motifs is 1. The van der Waals surface area contributed by atoms with E-state index >= 15 is 0 Å². The number of para-hydroxylation sites is 2. The molecule has 0 fully saturated rings. The number of nitrogens with one attached hydrogen (secondary N) is 2. The van der Waals surface area contributed by atoms with Gasteiger partial charge in [-0.2, -0.15) is 0 Å². The molecule has 2 aliphatic rings. The van der Waals surface area contributed by atoms with Crippen LogP contribution in [0.15, 0.2) is 59.8 Å². The van der Waals surface area contributed by atoms with Gasteiger partial charge in [0, 0.05) is 23.3 Å². The predicted octanol–water partition coefficient (Wildman–Crippen LogP) is 5.72. The van der Waals surface area contributed by atoms with E-state index in [-0.39, 0.29) is 11.7 Å². The van der Waals surface area contributed by atoms with E-state index in [4.69, 9.17) is 28.4 Å². The number of anilines is 2. The maximum Gasteiger partial charge on any atom is 0.203 e. The van der Waals surface area contributed by atoms with Gasteiger partial charge in [-0.15, -0.1) is 0 Å². The van der Waals surface area contributed by atoms with Crippen molar-refractivity contribution in [3.63, 3.8) is 0 Å². The molecular weight excluding hydrogens is 512 g/mol. The molecule has 0 bridgehead atoms. The van der Waals surface area contributed by atoms with Crippen LogP contribution in [0, 0.1) is 0 Å². The molecule has 0 spiro atoms. The molecule has 5 rings (SSSR count). The van der Waals surface area contributed by atoms with Crippen molar-refractivity contribution in [2.45, 2.75) is 24.8 Å². The van der Waals surface area contributed by atoms with Gasteiger partial charge in [0.15, 0.2) is 28.8 Å². The van der Waals surface area contributed by atoms with Gasteiger partial charge in [-0.1, -0.05) is 12.1 Å². The number of ketones is 1. The van der Waals surface area contributed by atoms with Crippen LogP contribution in [0.4, 0.5) is 11.4 Å². The largest absolute Gasteiger partial charge is 0.493 e. The Morgan fingerprint density at radius 1 is 0.675 bits per heavy atom. The van der Waals surface area contributed by atoms with Gasteiger partial charge in [-0.25, -0.2) is 0 Å². The fourth-order valence-corrected chi connectivity index (χ4v) is 5.65. The molecule has 9 nitrogen and oxygen atoms in total. The Kier molecular flexibility index (Phi) is 7.64. The number of hydrogen-bond acceptors (Lipinski definition) is 9. The third-order valence-electron chi connectivity index (χ3n) is 7.51. The highest BCUT2D eigenvalue weighted by Crippen LogP contribution is 2.50. The Balaban J connectivity index is 1.65. The van der Waals surface area contributed by atoms with Gasteiger partial charge in [0.2, 0.25) is 11.5 Å². The standard InChI is InChI=1S/C31H34N2O7/c1-35-24-12-11-19(29(38-4)31(24)40-6)28-27-22(32-20-9-7-8-10-21(20)33-28)13-17(14-23(27)34)18-15-25(36-2)30(39-5)26(16-18)37-3/h7-12,15-17,28,32-33H,13-14H2,1-6H3/t17-,28+/m1/s1. The number of carbonyl (C=O) groups excluding carboxylic acids is 1. The van der Waals surface area contributed by atoms with Gasteiger partial charge >= 0.3 is 0 Å². The van der Waals surface area contributed by atoms with Gasteiger partial charge in [0.25, 0.3) is 0 Å². The van der Waals surface area contributed by atoms with Crippen molar-refractivity contribution in [1.82, 2.24) is 0 Å². The molecular formula is C31H34N2O7. The first-order valence-electron chi connectivity index (χ1n) is 12.9. The first-order chi connectivity index (χ1) is 19.5. The zero-order valence-electron chi connectivity index (χ0n) is 23.5. The van der Waals surface area contributed by atoms with Crippen LogP contribution in [-0.4, -0.2) is 48.4 Å². The Morgan fingerprint density at radius 3 is 1.90 bits per heavy atom. The minimum absolute atomic E-state index is 0.0228. The van der Waals surface area contributed by atoms with Gasteiger partial charge in [0.05, 0.1) is 60.1 Å². The van der Waals surface area contributed by atoms with Gasteiger partial charge in [-0.05, 0) is 54.3 Å². The average Bonchev–Trinajstić information content (AvgIpc) is 3.16. The first kappa shape index (κ1) is 27.1. The molecule has 2 atom stereocenters. The lowest BCUT2D eigenvalue weighted by atomic mass is 9.78. The monoisotopic (exact) mass is 546 g/mol. The molecule has 3 aromatic carbocycles. The summed E-state index contributed by atoms with van der Waals surface area (Å²) in [5.74, 6) is 3.06. The van der Waals surface area contributed by atoms with Crippen LogP contribution in [-0.2, 0) is 4.79 Å². The quantitative estimate of drug-likeness (QED) is 0.368. The number of allylic oxidation sites excluding steroid dienone is 1. The highest BCUT2D eigenvalue weighted by Gasteiger charge is 2.38. The van der Waals surface area contributed by atoms with Crippen molar-refractivity contribution >= 4 is 17.2 Å². The zero-order valence-corrected chi connectivity index (χ0v) is 23.5. The summed E-state index contributed by atoms with van der Waals surface area (Å²) in [6.07, 6.45) is 0.908. The number of benzene rings is 3. The molecule has 0 unspecified atom stereocenters. The van der Waals surface area contributed by atoms with E-state index in [0.717, 1.165) is 28.2 Å². The number of ether oxygens (including phenoxy) is 6. The fraction of sp³-hybridized carbons (Fsp3) is 0.323.